The third kappa shape index (κ3) is 29.6. The monoisotopic (exact) mass is 787 g/mol. The first kappa shape index (κ1) is 53.7. The number of nitrogens with zero attached hydrogens (tertiary/aromatic N) is 2. The van der Waals surface area contributed by atoms with Gasteiger partial charge in [-0.15, -0.1) is 0 Å². The van der Waals surface area contributed by atoms with Gasteiger partial charge in [0.1, 0.15) is 17.5 Å². The van der Waals surface area contributed by atoms with Crippen LogP contribution < -0.4 is 10.6 Å². The average Bonchev–Trinajstić information content (AvgIpc) is 3.12. The smallest absolute Gasteiger partial charge is 0.407 e. The topological polar surface area (TPSA) is 137 Å². The number of aldehydes is 1. The van der Waals surface area contributed by atoms with E-state index in [4.69, 9.17) is 14.3 Å². The SMILES string of the molecule is C=C(CNC(=O)OC(C)(C)C)/C(=C\C=C/C)Cc1cncc(C(C)=O)c1.C=C(CNC(=O)OC(C)(C)C)/C(=C\C=C/C)Cc1cncc(C)c1.CC=O.CCCC. The van der Waals surface area contributed by atoms with Gasteiger partial charge < -0.3 is 24.9 Å². The van der Waals surface area contributed by atoms with E-state index in [2.05, 4.69) is 53.7 Å². The number of hydrogen-bond donors (Lipinski definition) is 2. The van der Waals surface area contributed by atoms with Crippen LogP contribution in [0.2, 0.25) is 0 Å². The molecule has 10 heteroatoms. The molecular formula is C47H70N4O6. The fourth-order valence-electron chi connectivity index (χ4n) is 4.17. The van der Waals surface area contributed by atoms with Gasteiger partial charge in [-0.3, -0.25) is 14.8 Å². The van der Waals surface area contributed by atoms with Gasteiger partial charge in [0.15, 0.2) is 5.78 Å². The Labute approximate surface area is 343 Å². The quantitative estimate of drug-likeness (QED) is 0.110. The van der Waals surface area contributed by atoms with Crippen LogP contribution in [0, 0.1) is 6.92 Å². The molecule has 0 aliphatic heterocycles. The van der Waals surface area contributed by atoms with E-state index >= 15 is 0 Å². The lowest BCUT2D eigenvalue weighted by atomic mass is 9.98. The van der Waals surface area contributed by atoms with Crippen molar-refractivity contribution < 1.29 is 28.7 Å². The van der Waals surface area contributed by atoms with Gasteiger partial charge >= 0.3 is 12.2 Å². The molecule has 2 aromatic heterocycles. The van der Waals surface area contributed by atoms with E-state index in [9.17, 15) is 14.4 Å². The van der Waals surface area contributed by atoms with Gasteiger partial charge in [0, 0.05) is 43.4 Å². The highest BCUT2D eigenvalue weighted by Gasteiger charge is 2.17. The molecule has 2 heterocycles. The number of alkyl carbamates (subject to hydrolysis) is 2. The number of amides is 2. The van der Waals surface area contributed by atoms with Gasteiger partial charge in [-0.05, 0) is 134 Å². The van der Waals surface area contributed by atoms with Crippen LogP contribution in [0.25, 0.3) is 0 Å². The number of ether oxygens (including phenoxy) is 2. The van der Waals surface area contributed by atoms with Crippen molar-refractivity contribution in [2.45, 2.75) is 127 Å². The lowest BCUT2D eigenvalue weighted by Crippen LogP contribution is -2.33. The van der Waals surface area contributed by atoms with Crippen LogP contribution in [0.15, 0.2) is 109 Å². The van der Waals surface area contributed by atoms with E-state index in [1.165, 1.54) is 26.7 Å². The van der Waals surface area contributed by atoms with Crippen LogP contribution in [-0.4, -0.2) is 58.5 Å². The van der Waals surface area contributed by atoms with Crippen LogP contribution in [0.5, 0.6) is 0 Å². The highest BCUT2D eigenvalue weighted by atomic mass is 16.6. The normalized spacial score (nSPS) is 11.5. The third-order valence-electron chi connectivity index (χ3n) is 7.00. The van der Waals surface area contributed by atoms with Crippen molar-refractivity contribution in [3.63, 3.8) is 0 Å². The molecule has 0 bridgehead atoms. The van der Waals surface area contributed by atoms with Gasteiger partial charge in [-0.2, -0.15) is 0 Å². The summed E-state index contributed by atoms with van der Waals surface area (Å²) in [6.07, 6.45) is 22.4. The molecule has 0 saturated heterocycles. The molecule has 2 rings (SSSR count). The van der Waals surface area contributed by atoms with Crippen LogP contribution in [0.4, 0.5) is 9.59 Å². The van der Waals surface area contributed by atoms with E-state index in [1.807, 2.05) is 117 Å². The Morgan fingerprint density at radius 2 is 1.09 bits per heavy atom. The molecule has 0 radical (unpaired) electrons. The van der Waals surface area contributed by atoms with Crippen molar-refractivity contribution in [1.29, 1.82) is 0 Å². The number of carbonyl (C=O) groups excluding carboxylic acids is 4. The second-order valence-corrected chi connectivity index (χ2v) is 15.0. The Hall–Kier alpha value is -5.38. The molecule has 2 N–H and O–H groups in total. The van der Waals surface area contributed by atoms with Crippen LogP contribution in [0.3, 0.4) is 0 Å². The van der Waals surface area contributed by atoms with Crippen molar-refractivity contribution in [2.24, 2.45) is 0 Å². The van der Waals surface area contributed by atoms with Gasteiger partial charge in [0.05, 0.1) is 0 Å². The Morgan fingerprint density at radius 1 is 0.702 bits per heavy atom. The van der Waals surface area contributed by atoms with Crippen molar-refractivity contribution in [3.8, 4) is 0 Å². The summed E-state index contributed by atoms with van der Waals surface area (Å²) in [5, 5.41) is 5.47. The van der Waals surface area contributed by atoms with Crippen LogP contribution >= 0.6 is 0 Å². The van der Waals surface area contributed by atoms with Gasteiger partial charge in [0.2, 0.25) is 0 Å². The maximum Gasteiger partial charge on any atom is 0.407 e. The molecule has 314 valence electrons. The first-order valence-electron chi connectivity index (χ1n) is 19.3. The molecule has 0 atom stereocenters. The zero-order chi connectivity index (χ0) is 44.0. The minimum absolute atomic E-state index is 0.0243. The Kier molecular flexibility index (Phi) is 28.1. The van der Waals surface area contributed by atoms with Crippen molar-refractivity contribution in [3.05, 3.63) is 131 Å². The van der Waals surface area contributed by atoms with Crippen LogP contribution in [0.1, 0.15) is 123 Å². The average molecular weight is 787 g/mol. The number of unbranched alkanes of at least 4 members (excludes halogenated alkanes) is 1. The van der Waals surface area contributed by atoms with Gasteiger partial charge in [0.25, 0.3) is 0 Å². The molecule has 0 unspecified atom stereocenters. The van der Waals surface area contributed by atoms with E-state index < -0.39 is 23.4 Å². The van der Waals surface area contributed by atoms with Crippen molar-refractivity contribution in [1.82, 2.24) is 20.6 Å². The Bertz CT molecular complexity index is 1690. The highest BCUT2D eigenvalue weighted by Crippen LogP contribution is 2.18. The summed E-state index contributed by atoms with van der Waals surface area (Å²) in [5.41, 5.74) is 6.27. The molecule has 0 aliphatic carbocycles. The summed E-state index contributed by atoms with van der Waals surface area (Å²) >= 11 is 0. The van der Waals surface area contributed by atoms with Crippen molar-refractivity contribution in [2.75, 3.05) is 13.1 Å². The fraction of sp³-hybridized carbons (Fsp3) is 0.447. The lowest BCUT2D eigenvalue weighted by Gasteiger charge is -2.20. The zero-order valence-corrected chi connectivity index (χ0v) is 37.0. The second-order valence-electron chi connectivity index (χ2n) is 15.0. The predicted molar refractivity (Wildman–Crippen MR) is 235 cm³/mol. The lowest BCUT2D eigenvalue weighted by molar-refractivity contribution is -0.106. The van der Waals surface area contributed by atoms with E-state index in [-0.39, 0.29) is 12.3 Å². The molecule has 2 aromatic rings. The summed E-state index contributed by atoms with van der Waals surface area (Å²) < 4.78 is 10.5. The maximum atomic E-state index is 11.8. The summed E-state index contributed by atoms with van der Waals surface area (Å²) in [6.45, 7) is 33.0. The predicted octanol–water partition coefficient (Wildman–Crippen LogP) is 10.9. The number of carbonyl (C=O) groups is 4. The zero-order valence-electron chi connectivity index (χ0n) is 37.0. The van der Waals surface area contributed by atoms with E-state index in [0.29, 0.717) is 24.9 Å². The largest absolute Gasteiger partial charge is 0.444 e. The number of Topliss-reactive ketones (excluding diaryl/α,β-unsaturated/α-hetero) is 1. The molecule has 0 spiro atoms. The molecule has 0 saturated carbocycles. The number of allylic oxidation sites excluding steroid dienone is 6. The number of nitrogens with one attached hydrogen (secondary N) is 2. The standard InChI is InChI=1S/C21H28N2O3.C20H28N2O2.C4H10.C2H4O/c1-7-8-9-18(10-17-11-19(16(3)24)14-22-13-17)15(2)12-23-20(25)26-21(4,5)6;1-7-8-9-18(11-17-10-15(2)12-21-14-17)16(3)13-22-19(23)24-20(4,5)6;1-3-4-2;1-2-3/h7-9,11,13-14H,2,10,12H2,1,3-6H3,(H,23,25);7-10,12,14H,3,11,13H2,1-2,4-6H3,(H,22,23);3-4H2,1-2H3;2H,1H3/b2*8-7-,18-9-;;. The summed E-state index contributed by atoms with van der Waals surface area (Å²) in [5.74, 6) is -0.0243. The first-order chi connectivity index (χ1) is 26.7. The van der Waals surface area contributed by atoms with Crippen LogP contribution in [-0.2, 0) is 27.1 Å². The molecule has 57 heavy (non-hydrogen) atoms. The summed E-state index contributed by atoms with van der Waals surface area (Å²) in [7, 11) is 0. The Balaban J connectivity index is 0. The number of aryl methyl sites for hydroxylation is 1. The minimum Gasteiger partial charge on any atom is -0.444 e. The third-order valence-corrected chi connectivity index (χ3v) is 7.00. The highest BCUT2D eigenvalue weighted by molar-refractivity contribution is 5.93. The van der Waals surface area contributed by atoms with E-state index in [1.54, 1.807) is 12.4 Å². The number of pyridine rings is 2. The molecule has 0 fully saturated rings. The summed E-state index contributed by atoms with van der Waals surface area (Å²) in [6, 6.07) is 3.93. The molecule has 2 amide bonds. The number of hydrogen-bond acceptors (Lipinski definition) is 8. The number of rotatable bonds is 14. The van der Waals surface area contributed by atoms with Gasteiger partial charge in [-0.1, -0.05) is 82.4 Å². The minimum atomic E-state index is -0.548. The Morgan fingerprint density at radius 3 is 1.42 bits per heavy atom. The fourth-order valence-corrected chi connectivity index (χ4v) is 4.17. The van der Waals surface area contributed by atoms with Gasteiger partial charge in [-0.25, -0.2) is 9.59 Å². The number of ketones is 1. The number of aromatic nitrogens is 2. The van der Waals surface area contributed by atoms with E-state index in [0.717, 1.165) is 45.3 Å². The molecule has 10 nitrogen and oxygen atoms in total. The van der Waals surface area contributed by atoms with Crippen molar-refractivity contribution >= 4 is 24.3 Å². The molecule has 0 aliphatic rings. The first-order valence-corrected chi connectivity index (χ1v) is 19.3. The second kappa shape index (κ2) is 29.8. The summed E-state index contributed by atoms with van der Waals surface area (Å²) in [4.78, 5) is 52.3. The molecule has 0 aromatic carbocycles. The molecular weight excluding hydrogens is 717 g/mol. The maximum absolute atomic E-state index is 11.8.